The zero-order valence-corrected chi connectivity index (χ0v) is 11.7. The van der Waals surface area contributed by atoms with Crippen molar-refractivity contribution >= 4 is 0 Å². The van der Waals surface area contributed by atoms with E-state index < -0.39 is 0 Å². The second kappa shape index (κ2) is 5.19. The zero-order valence-electron chi connectivity index (χ0n) is 11.7. The Balaban J connectivity index is 2.47. The van der Waals surface area contributed by atoms with Gasteiger partial charge in [-0.2, -0.15) is 0 Å². The summed E-state index contributed by atoms with van der Waals surface area (Å²) in [6.45, 7) is 5.62. The van der Waals surface area contributed by atoms with E-state index in [9.17, 15) is 0 Å². The fraction of sp³-hybridized carbons (Fsp3) is 0.600. The van der Waals surface area contributed by atoms with Gasteiger partial charge in [-0.25, -0.2) is 0 Å². The third-order valence-electron chi connectivity index (χ3n) is 4.04. The van der Waals surface area contributed by atoms with Gasteiger partial charge in [0.05, 0.1) is 14.2 Å². The third kappa shape index (κ3) is 2.19. The summed E-state index contributed by atoms with van der Waals surface area (Å²) >= 11 is 0. The fourth-order valence-electron chi connectivity index (χ4n) is 2.90. The first-order valence-corrected chi connectivity index (χ1v) is 6.61. The van der Waals surface area contributed by atoms with Crippen LogP contribution in [0, 0.1) is 5.92 Å². The summed E-state index contributed by atoms with van der Waals surface area (Å²) in [4.78, 5) is 0. The molecule has 1 fully saturated rings. The molecule has 18 heavy (non-hydrogen) atoms. The topological polar surface area (TPSA) is 30.5 Å². The van der Waals surface area contributed by atoms with Crippen LogP contribution in [0.3, 0.4) is 0 Å². The summed E-state index contributed by atoms with van der Waals surface area (Å²) in [6.07, 6.45) is 2.39. The number of rotatable bonds is 4. The first-order valence-electron chi connectivity index (χ1n) is 6.61. The molecule has 1 N–H and O–H groups in total. The molecule has 1 heterocycles. The molecule has 1 unspecified atom stereocenters. The lowest BCUT2D eigenvalue weighted by Crippen LogP contribution is -2.41. The van der Waals surface area contributed by atoms with Crippen LogP contribution in [0.1, 0.15) is 32.3 Å². The van der Waals surface area contributed by atoms with Gasteiger partial charge < -0.3 is 14.8 Å². The highest BCUT2D eigenvalue weighted by Gasteiger charge is 2.38. The van der Waals surface area contributed by atoms with Gasteiger partial charge in [0.25, 0.3) is 0 Å². The molecule has 3 heteroatoms. The summed E-state index contributed by atoms with van der Waals surface area (Å²) in [5.41, 5.74) is 1.33. The van der Waals surface area contributed by atoms with Crippen LogP contribution in [0.5, 0.6) is 11.5 Å². The predicted octanol–water partition coefficient (Wildman–Crippen LogP) is 2.94. The van der Waals surface area contributed by atoms with E-state index in [0.29, 0.717) is 5.92 Å². The minimum Gasteiger partial charge on any atom is -0.497 e. The van der Waals surface area contributed by atoms with Gasteiger partial charge in [-0.1, -0.05) is 13.8 Å². The van der Waals surface area contributed by atoms with Crippen LogP contribution in [0.4, 0.5) is 0 Å². The summed E-state index contributed by atoms with van der Waals surface area (Å²) in [5.74, 6) is 2.26. The molecule has 0 saturated carbocycles. The van der Waals surface area contributed by atoms with E-state index in [1.54, 1.807) is 14.2 Å². The number of methoxy groups -OCH3 is 2. The largest absolute Gasteiger partial charge is 0.497 e. The molecular weight excluding hydrogens is 226 g/mol. The van der Waals surface area contributed by atoms with Crippen molar-refractivity contribution in [3.63, 3.8) is 0 Å². The Morgan fingerprint density at radius 1 is 1.11 bits per heavy atom. The second-order valence-corrected chi connectivity index (χ2v) is 5.26. The van der Waals surface area contributed by atoms with Crippen molar-refractivity contribution in [3.05, 3.63) is 23.8 Å². The van der Waals surface area contributed by atoms with Gasteiger partial charge >= 0.3 is 0 Å². The Kier molecular flexibility index (Phi) is 3.81. The molecule has 3 nitrogen and oxygen atoms in total. The van der Waals surface area contributed by atoms with E-state index in [1.807, 2.05) is 6.07 Å². The van der Waals surface area contributed by atoms with Gasteiger partial charge in [-0.15, -0.1) is 0 Å². The first-order chi connectivity index (χ1) is 8.62. The van der Waals surface area contributed by atoms with Crippen molar-refractivity contribution in [2.45, 2.75) is 32.2 Å². The van der Waals surface area contributed by atoms with Gasteiger partial charge in [0.2, 0.25) is 0 Å². The van der Waals surface area contributed by atoms with Crippen molar-refractivity contribution in [2.75, 3.05) is 20.8 Å². The van der Waals surface area contributed by atoms with Crippen LogP contribution in [0.25, 0.3) is 0 Å². The number of hydrogen-bond acceptors (Lipinski definition) is 3. The minimum atomic E-state index is 0.0574. The van der Waals surface area contributed by atoms with Gasteiger partial charge in [-0.3, -0.25) is 0 Å². The molecule has 0 bridgehead atoms. The Morgan fingerprint density at radius 2 is 1.72 bits per heavy atom. The van der Waals surface area contributed by atoms with E-state index in [0.717, 1.165) is 18.0 Å². The Morgan fingerprint density at radius 3 is 2.11 bits per heavy atom. The highest BCUT2D eigenvalue weighted by atomic mass is 16.5. The van der Waals surface area contributed by atoms with Gasteiger partial charge in [0, 0.05) is 11.6 Å². The van der Waals surface area contributed by atoms with E-state index in [1.165, 1.54) is 18.4 Å². The standard InChI is InChI=1S/C15H23NO2/c1-11(2)15(6-5-7-16-15)12-8-13(17-3)10-14(9-12)18-4/h8-11,16H,5-7H2,1-4H3. The van der Waals surface area contributed by atoms with Gasteiger partial charge in [-0.05, 0) is 43.0 Å². The van der Waals surface area contributed by atoms with Crippen LogP contribution in [-0.4, -0.2) is 20.8 Å². The SMILES string of the molecule is COc1cc(OC)cc(C2(C(C)C)CCCN2)c1. The molecule has 0 amide bonds. The van der Waals surface area contributed by atoms with E-state index >= 15 is 0 Å². The molecular formula is C15H23NO2. The maximum Gasteiger partial charge on any atom is 0.122 e. The normalized spacial score (nSPS) is 23.4. The molecule has 1 aromatic carbocycles. The van der Waals surface area contributed by atoms with Crippen LogP contribution in [0.15, 0.2) is 18.2 Å². The molecule has 1 aromatic rings. The fourth-order valence-corrected chi connectivity index (χ4v) is 2.90. The molecule has 1 atom stereocenters. The van der Waals surface area contributed by atoms with E-state index in [-0.39, 0.29) is 5.54 Å². The number of benzene rings is 1. The zero-order chi connectivity index (χ0) is 13.2. The predicted molar refractivity (Wildman–Crippen MR) is 73.3 cm³/mol. The maximum atomic E-state index is 5.37. The molecule has 0 aromatic heterocycles. The third-order valence-corrected chi connectivity index (χ3v) is 4.04. The smallest absolute Gasteiger partial charge is 0.122 e. The molecule has 1 aliphatic rings. The monoisotopic (exact) mass is 249 g/mol. The van der Waals surface area contributed by atoms with Crippen molar-refractivity contribution in [2.24, 2.45) is 5.92 Å². The highest BCUT2D eigenvalue weighted by molar-refractivity contribution is 5.42. The van der Waals surface area contributed by atoms with Gasteiger partial charge in [0.1, 0.15) is 11.5 Å². The number of ether oxygens (including phenoxy) is 2. The van der Waals surface area contributed by atoms with E-state index in [2.05, 4.69) is 31.3 Å². The number of nitrogens with one attached hydrogen (secondary N) is 1. The van der Waals surface area contributed by atoms with Crippen molar-refractivity contribution in [3.8, 4) is 11.5 Å². The molecule has 100 valence electrons. The lowest BCUT2D eigenvalue weighted by Gasteiger charge is -2.35. The van der Waals surface area contributed by atoms with Crippen molar-refractivity contribution in [1.29, 1.82) is 0 Å². The number of hydrogen-bond donors (Lipinski definition) is 1. The molecule has 0 spiro atoms. The quantitative estimate of drug-likeness (QED) is 0.890. The average molecular weight is 249 g/mol. The summed E-state index contributed by atoms with van der Waals surface area (Å²) < 4.78 is 10.7. The lowest BCUT2D eigenvalue weighted by atomic mass is 9.78. The summed E-state index contributed by atoms with van der Waals surface area (Å²) in [5, 5.41) is 3.68. The molecule has 0 radical (unpaired) electrons. The van der Waals surface area contributed by atoms with Crippen LogP contribution < -0.4 is 14.8 Å². The highest BCUT2D eigenvalue weighted by Crippen LogP contribution is 2.40. The molecule has 2 rings (SSSR count). The Labute approximate surface area is 109 Å². The van der Waals surface area contributed by atoms with Crippen molar-refractivity contribution < 1.29 is 9.47 Å². The van der Waals surface area contributed by atoms with Gasteiger partial charge in [0.15, 0.2) is 0 Å². The van der Waals surface area contributed by atoms with E-state index in [4.69, 9.17) is 9.47 Å². The van der Waals surface area contributed by atoms with Crippen LogP contribution in [-0.2, 0) is 5.54 Å². The molecule has 1 aliphatic heterocycles. The average Bonchev–Trinajstić information content (AvgIpc) is 2.88. The Hall–Kier alpha value is -1.22. The summed E-state index contributed by atoms with van der Waals surface area (Å²) in [7, 11) is 3.39. The first kappa shape index (κ1) is 13.2. The lowest BCUT2D eigenvalue weighted by molar-refractivity contribution is 0.274. The Bertz CT molecular complexity index is 387. The minimum absolute atomic E-state index is 0.0574. The second-order valence-electron chi connectivity index (χ2n) is 5.26. The molecule has 0 aliphatic carbocycles. The maximum absolute atomic E-state index is 5.37. The van der Waals surface area contributed by atoms with Crippen LogP contribution >= 0.6 is 0 Å². The molecule has 1 saturated heterocycles. The summed E-state index contributed by atoms with van der Waals surface area (Å²) in [6, 6.07) is 6.17. The van der Waals surface area contributed by atoms with Crippen LogP contribution in [0.2, 0.25) is 0 Å². The van der Waals surface area contributed by atoms with Crippen molar-refractivity contribution in [1.82, 2.24) is 5.32 Å².